The number of fused-ring (bicyclic) bond motifs is 1. The molecule has 0 aliphatic carbocycles. The predicted molar refractivity (Wildman–Crippen MR) is 36.6 cm³/mol. The van der Waals surface area contributed by atoms with Crippen LogP contribution in [0.15, 0.2) is 22.4 Å². The summed E-state index contributed by atoms with van der Waals surface area (Å²) in [4.78, 5) is 10.2. The molecule has 46 valence electrons. The van der Waals surface area contributed by atoms with E-state index in [1.165, 1.54) is 0 Å². The quantitative estimate of drug-likeness (QED) is 0.451. The van der Waals surface area contributed by atoms with Crippen LogP contribution in [0.4, 0.5) is 0 Å². The molecule has 0 atom stereocenters. The Morgan fingerprint density at radius 1 is 1.56 bits per heavy atom. The molecule has 0 saturated heterocycles. The fraction of sp³-hybridized carbons (Fsp3) is 0.333. The maximum Gasteiger partial charge on any atom is 0.146 e. The van der Waals surface area contributed by atoms with E-state index in [1.807, 2.05) is 6.20 Å². The molecule has 2 rings (SSSR count). The van der Waals surface area contributed by atoms with Gasteiger partial charge in [-0.15, -0.1) is 0 Å². The predicted octanol–water partition coefficient (Wildman–Crippen LogP) is 0.256. The van der Waals surface area contributed by atoms with E-state index in [4.69, 9.17) is 0 Å². The summed E-state index contributed by atoms with van der Waals surface area (Å²) in [6.45, 7) is 1.92. The number of aliphatic imine (C=N–C) groups is 2. The Balaban J connectivity index is 2.33. The molecular weight excluding hydrogens is 114 g/mol. The number of rotatable bonds is 0. The normalized spacial score (nSPS) is 22.2. The van der Waals surface area contributed by atoms with Crippen molar-refractivity contribution >= 4 is 12.1 Å². The third-order valence-electron chi connectivity index (χ3n) is 1.43. The Hall–Kier alpha value is -1.12. The van der Waals surface area contributed by atoms with Crippen molar-refractivity contribution in [3.8, 4) is 0 Å². The first-order valence-corrected chi connectivity index (χ1v) is 2.98. The van der Waals surface area contributed by atoms with Gasteiger partial charge in [-0.3, -0.25) is 9.98 Å². The van der Waals surface area contributed by atoms with Gasteiger partial charge in [0, 0.05) is 18.9 Å². The van der Waals surface area contributed by atoms with Crippen LogP contribution in [0.2, 0.25) is 0 Å². The van der Waals surface area contributed by atoms with Crippen molar-refractivity contribution in [2.45, 2.75) is 0 Å². The van der Waals surface area contributed by atoms with Crippen LogP contribution in [0, 0.1) is 0 Å². The zero-order chi connectivity index (χ0) is 6.10. The van der Waals surface area contributed by atoms with E-state index in [0.717, 1.165) is 18.9 Å². The van der Waals surface area contributed by atoms with E-state index in [1.54, 1.807) is 12.4 Å². The lowest BCUT2D eigenvalue weighted by Gasteiger charge is -2.12. The first-order chi connectivity index (χ1) is 4.47. The lowest BCUT2D eigenvalue weighted by molar-refractivity contribution is 0.613. The maximum absolute atomic E-state index is 4.20. The SMILES string of the molecule is C1=CN2CCN=C2C=N1. The second kappa shape index (κ2) is 1.69. The molecule has 2 aliphatic rings. The van der Waals surface area contributed by atoms with E-state index in [-0.39, 0.29) is 0 Å². The molecule has 3 nitrogen and oxygen atoms in total. The van der Waals surface area contributed by atoms with Gasteiger partial charge >= 0.3 is 0 Å². The highest BCUT2D eigenvalue weighted by atomic mass is 15.2. The van der Waals surface area contributed by atoms with Crippen molar-refractivity contribution in [1.82, 2.24) is 4.90 Å². The number of hydrogen-bond acceptors (Lipinski definition) is 3. The topological polar surface area (TPSA) is 28.0 Å². The number of nitrogens with zero attached hydrogens (tertiary/aromatic N) is 3. The third-order valence-corrected chi connectivity index (χ3v) is 1.43. The van der Waals surface area contributed by atoms with E-state index in [0.29, 0.717) is 0 Å². The van der Waals surface area contributed by atoms with E-state index in [2.05, 4.69) is 14.9 Å². The Morgan fingerprint density at radius 3 is 3.44 bits per heavy atom. The van der Waals surface area contributed by atoms with Gasteiger partial charge in [-0.1, -0.05) is 0 Å². The highest BCUT2D eigenvalue weighted by molar-refractivity contribution is 6.30. The minimum atomic E-state index is 0.908. The van der Waals surface area contributed by atoms with Crippen LogP contribution in [0.5, 0.6) is 0 Å². The summed E-state index contributed by atoms with van der Waals surface area (Å²) < 4.78 is 0. The Kier molecular flexibility index (Phi) is 0.886. The summed E-state index contributed by atoms with van der Waals surface area (Å²) in [5, 5.41) is 0. The summed E-state index contributed by atoms with van der Waals surface area (Å²) in [5.74, 6) is 0.998. The van der Waals surface area contributed by atoms with E-state index < -0.39 is 0 Å². The minimum Gasteiger partial charge on any atom is -0.329 e. The molecule has 2 heterocycles. The molecule has 0 aromatic rings. The van der Waals surface area contributed by atoms with Crippen LogP contribution in [0.1, 0.15) is 0 Å². The number of hydrogen-bond donors (Lipinski definition) is 0. The third kappa shape index (κ3) is 0.650. The molecule has 3 heteroatoms. The van der Waals surface area contributed by atoms with Gasteiger partial charge in [0.2, 0.25) is 0 Å². The largest absolute Gasteiger partial charge is 0.329 e. The maximum atomic E-state index is 4.20. The monoisotopic (exact) mass is 121 g/mol. The Bertz CT molecular complexity index is 200. The molecular formula is C6H7N3. The molecule has 0 aromatic carbocycles. The van der Waals surface area contributed by atoms with Crippen LogP contribution < -0.4 is 0 Å². The van der Waals surface area contributed by atoms with E-state index in [9.17, 15) is 0 Å². The van der Waals surface area contributed by atoms with Crippen LogP contribution in [-0.2, 0) is 0 Å². The average molecular weight is 121 g/mol. The van der Waals surface area contributed by atoms with Crippen molar-refractivity contribution in [2.75, 3.05) is 13.1 Å². The van der Waals surface area contributed by atoms with Gasteiger partial charge in [-0.25, -0.2) is 0 Å². The van der Waals surface area contributed by atoms with Crippen LogP contribution in [0.25, 0.3) is 0 Å². The summed E-state index contributed by atoms with van der Waals surface area (Å²) >= 11 is 0. The van der Waals surface area contributed by atoms with Gasteiger partial charge in [0.1, 0.15) is 5.84 Å². The van der Waals surface area contributed by atoms with Gasteiger partial charge in [0.05, 0.1) is 12.8 Å². The molecule has 9 heavy (non-hydrogen) atoms. The molecule has 0 saturated carbocycles. The molecule has 0 amide bonds. The van der Waals surface area contributed by atoms with Gasteiger partial charge in [0.15, 0.2) is 0 Å². The van der Waals surface area contributed by atoms with E-state index >= 15 is 0 Å². The highest BCUT2D eigenvalue weighted by Crippen LogP contribution is 2.03. The van der Waals surface area contributed by atoms with Gasteiger partial charge in [0.25, 0.3) is 0 Å². The van der Waals surface area contributed by atoms with Crippen molar-refractivity contribution in [1.29, 1.82) is 0 Å². The van der Waals surface area contributed by atoms with Crippen molar-refractivity contribution < 1.29 is 0 Å². The van der Waals surface area contributed by atoms with Crippen molar-refractivity contribution in [3.05, 3.63) is 12.4 Å². The highest BCUT2D eigenvalue weighted by Gasteiger charge is 2.12. The van der Waals surface area contributed by atoms with Gasteiger partial charge < -0.3 is 4.90 Å². The van der Waals surface area contributed by atoms with Crippen molar-refractivity contribution in [3.63, 3.8) is 0 Å². The lowest BCUT2D eigenvalue weighted by Crippen LogP contribution is -2.24. The molecule has 0 N–H and O–H groups in total. The molecule has 2 aliphatic heterocycles. The van der Waals surface area contributed by atoms with Gasteiger partial charge in [-0.05, 0) is 0 Å². The smallest absolute Gasteiger partial charge is 0.146 e. The fourth-order valence-electron chi connectivity index (χ4n) is 0.972. The number of amidine groups is 1. The zero-order valence-corrected chi connectivity index (χ0v) is 4.99. The van der Waals surface area contributed by atoms with Gasteiger partial charge in [-0.2, -0.15) is 0 Å². The second-order valence-corrected chi connectivity index (χ2v) is 2.01. The first-order valence-electron chi connectivity index (χ1n) is 2.98. The van der Waals surface area contributed by atoms with Crippen LogP contribution >= 0.6 is 0 Å². The minimum absolute atomic E-state index is 0.908. The fourth-order valence-corrected chi connectivity index (χ4v) is 0.972. The molecule has 0 fully saturated rings. The standard InChI is InChI=1S/C6H7N3/c1-3-9-4-2-8-6(9)5-7-1/h1,3,5H,2,4H2. The molecule has 0 bridgehead atoms. The molecule has 0 aromatic heterocycles. The molecule has 0 radical (unpaired) electrons. The first kappa shape index (κ1) is 4.73. The van der Waals surface area contributed by atoms with Crippen LogP contribution in [-0.4, -0.2) is 30.0 Å². The Morgan fingerprint density at radius 2 is 2.56 bits per heavy atom. The molecule has 0 unspecified atom stereocenters. The van der Waals surface area contributed by atoms with Crippen molar-refractivity contribution in [2.24, 2.45) is 9.98 Å². The summed E-state index contributed by atoms with van der Waals surface area (Å²) in [6.07, 6.45) is 5.52. The summed E-state index contributed by atoms with van der Waals surface area (Å²) in [7, 11) is 0. The summed E-state index contributed by atoms with van der Waals surface area (Å²) in [6, 6.07) is 0. The zero-order valence-electron chi connectivity index (χ0n) is 4.99. The lowest BCUT2D eigenvalue weighted by atomic mass is 10.5. The Labute approximate surface area is 53.4 Å². The average Bonchev–Trinajstić information content (AvgIpc) is 2.33. The molecule has 0 spiro atoms. The summed E-state index contributed by atoms with van der Waals surface area (Å²) in [5.41, 5.74) is 0. The second-order valence-electron chi connectivity index (χ2n) is 2.01. The van der Waals surface area contributed by atoms with Crippen LogP contribution in [0.3, 0.4) is 0 Å².